The summed E-state index contributed by atoms with van der Waals surface area (Å²) in [6.45, 7) is 4.50. The Morgan fingerprint density at radius 1 is 1.18 bits per heavy atom. The Hall–Kier alpha value is -2.17. The Balaban J connectivity index is 1.87. The molecular formula is C17H25N3O2. The zero-order valence-corrected chi connectivity index (χ0v) is 13.4. The minimum absolute atomic E-state index is 0.700. The SMILES string of the molecule is CCCCN=C(NCCc1ccco1)N(C)Cc1ccco1. The van der Waals surface area contributed by atoms with Gasteiger partial charge in [0.1, 0.15) is 11.5 Å². The molecule has 120 valence electrons. The average Bonchev–Trinajstić information content (AvgIpc) is 3.19. The van der Waals surface area contributed by atoms with Gasteiger partial charge in [-0.05, 0) is 30.7 Å². The summed E-state index contributed by atoms with van der Waals surface area (Å²) in [5, 5.41) is 3.40. The molecule has 0 aromatic carbocycles. The van der Waals surface area contributed by atoms with Crippen LogP contribution in [0.1, 0.15) is 31.3 Å². The third-order valence-corrected chi connectivity index (χ3v) is 3.34. The topological polar surface area (TPSA) is 53.9 Å². The highest BCUT2D eigenvalue weighted by molar-refractivity contribution is 5.79. The maximum absolute atomic E-state index is 5.40. The van der Waals surface area contributed by atoms with Crippen LogP contribution >= 0.6 is 0 Å². The second-order valence-corrected chi connectivity index (χ2v) is 5.25. The number of rotatable bonds is 8. The minimum Gasteiger partial charge on any atom is -0.469 e. The van der Waals surface area contributed by atoms with Gasteiger partial charge in [-0.2, -0.15) is 0 Å². The van der Waals surface area contributed by atoms with Crippen molar-refractivity contribution in [3.8, 4) is 0 Å². The van der Waals surface area contributed by atoms with Crippen LogP contribution in [0.15, 0.2) is 50.6 Å². The normalized spacial score (nSPS) is 11.6. The lowest BCUT2D eigenvalue weighted by atomic mass is 10.3. The fraction of sp³-hybridized carbons (Fsp3) is 0.471. The van der Waals surface area contributed by atoms with Gasteiger partial charge in [0.15, 0.2) is 5.96 Å². The molecule has 2 aromatic heterocycles. The van der Waals surface area contributed by atoms with Gasteiger partial charge in [0.25, 0.3) is 0 Å². The lowest BCUT2D eigenvalue weighted by Crippen LogP contribution is -2.39. The van der Waals surface area contributed by atoms with E-state index in [0.717, 1.165) is 49.8 Å². The number of furan rings is 2. The molecule has 1 N–H and O–H groups in total. The maximum Gasteiger partial charge on any atom is 0.194 e. The molecule has 0 spiro atoms. The molecule has 0 amide bonds. The lowest BCUT2D eigenvalue weighted by molar-refractivity contribution is 0.398. The summed E-state index contributed by atoms with van der Waals surface area (Å²) in [6.07, 6.45) is 6.48. The molecule has 0 aliphatic heterocycles. The number of nitrogens with zero attached hydrogens (tertiary/aromatic N) is 2. The van der Waals surface area contributed by atoms with E-state index in [4.69, 9.17) is 8.83 Å². The van der Waals surface area contributed by atoms with Crippen molar-refractivity contribution < 1.29 is 8.83 Å². The summed E-state index contributed by atoms with van der Waals surface area (Å²) in [7, 11) is 2.02. The van der Waals surface area contributed by atoms with Gasteiger partial charge in [0.05, 0.1) is 19.1 Å². The maximum atomic E-state index is 5.40. The van der Waals surface area contributed by atoms with Gasteiger partial charge < -0.3 is 19.1 Å². The van der Waals surface area contributed by atoms with Crippen LogP contribution in [0.5, 0.6) is 0 Å². The first-order chi connectivity index (χ1) is 10.8. The van der Waals surface area contributed by atoms with Crippen LogP contribution in [0.25, 0.3) is 0 Å². The largest absolute Gasteiger partial charge is 0.469 e. The van der Waals surface area contributed by atoms with E-state index in [1.54, 1.807) is 12.5 Å². The number of hydrogen-bond acceptors (Lipinski definition) is 3. The minimum atomic E-state index is 0.700. The molecule has 0 radical (unpaired) electrons. The predicted octanol–water partition coefficient (Wildman–Crippen LogP) is 3.29. The second-order valence-electron chi connectivity index (χ2n) is 5.25. The van der Waals surface area contributed by atoms with E-state index in [-0.39, 0.29) is 0 Å². The first-order valence-corrected chi connectivity index (χ1v) is 7.83. The number of aliphatic imine (C=N–C) groups is 1. The van der Waals surface area contributed by atoms with Crippen LogP contribution in [0, 0.1) is 0 Å². The van der Waals surface area contributed by atoms with Crippen molar-refractivity contribution in [2.24, 2.45) is 4.99 Å². The first kappa shape index (κ1) is 16.2. The average molecular weight is 303 g/mol. The third-order valence-electron chi connectivity index (χ3n) is 3.34. The van der Waals surface area contributed by atoms with Crippen LogP contribution < -0.4 is 5.32 Å². The molecular weight excluding hydrogens is 278 g/mol. The smallest absolute Gasteiger partial charge is 0.194 e. The van der Waals surface area contributed by atoms with Crippen molar-refractivity contribution in [1.29, 1.82) is 0 Å². The van der Waals surface area contributed by atoms with Crippen LogP contribution in [-0.2, 0) is 13.0 Å². The van der Waals surface area contributed by atoms with Crippen molar-refractivity contribution in [2.45, 2.75) is 32.7 Å². The molecule has 0 saturated heterocycles. The summed E-state index contributed by atoms with van der Waals surface area (Å²) in [4.78, 5) is 6.75. The van der Waals surface area contributed by atoms with Crippen molar-refractivity contribution in [1.82, 2.24) is 10.2 Å². The Morgan fingerprint density at radius 2 is 1.91 bits per heavy atom. The summed E-state index contributed by atoms with van der Waals surface area (Å²) in [5.74, 6) is 2.81. The van der Waals surface area contributed by atoms with E-state index in [1.165, 1.54) is 0 Å². The molecule has 0 unspecified atom stereocenters. The van der Waals surface area contributed by atoms with Gasteiger partial charge in [-0.15, -0.1) is 0 Å². The van der Waals surface area contributed by atoms with Crippen LogP contribution in [-0.4, -0.2) is 31.0 Å². The van der Waals surface area contributed by atoms with E-state index in [1.807, 2.05) is 31.3 Å². The molecule has 0 aliphatic rings. The van der Waals surface area contributed by atoms with Crippen molar-refractivity contribution in [3.63, 3.8) is 0 Å². The molecule has 0 bridgehead atoms. The quantitative estimate of drug-likeness (QED) is 0.462. The van der Waals surface area contributed by atoms with Gasteiger partial charge in [0.2, 0.25) is 0 Å². The van der Waals surface area contributed by atoms with E-state index in [0.29, 0.717) is 6.54 Å². The summed E-state index contributed by atoms with van der Waals surface area (Å²) < 4.78 is 10.8. The van der Waals surface area contributed by atoms with Gasteiger partial charge in [-0.3, -0.25) is 4.99 Å². The predicted molar refractivity (Wildman–Crippen MR) is 87.8 cm³/mol. The molecule has 0 aliphatic carbocycles. The molecule has 5 heteroatoms. The molecule has 22 heavy (non-hydrogen) atoms. The Labute approximate surface area is 132 Å². The fourth-order valence-corrected chi connectivity index (χ4v) is 2.12. The number of nitrogens with one attached hydrogen (secondary N) is 1. The molecule has 2 rings (SSSR count). The van der Waals surface area contributed by atoms with Crippen molar-refractivity contribution in [2.75, 3.05) is 20.1 Å². The zero-order valence-electron chi connectivity index (χ0n) is 13.4. The standard InChI is InChI=1S/C17H25N3O2/c1-3-4-10-18-17(19-11-9-15-7-5-12-21-15)20(2)14-16-8-6-13-22-16/h5-8,12-13H,3-4,9-11,14H2,1-2H3,(H,18,19). The number of guanidine groups is 1. The summed E-state index contributed by atoms with van der Waals surface area (Å²) in [5.41, 5.74) is 0. The highest BCUT2D eigenvalue weighted by Gasteiger charge is 2.08. The highest BCUT2D eigenvalue weighted by Crippen LogP contribution is 2.05. The number of hydrogen-bond donors (Lipinski definition) is 1. The molecule has 0 atom stereocenters. The molecule has 5 nitrogen and oxygen atoms in total. The molecule has 2 heterocycles. The van der Waals surface area contributed by atoms with Crippen molar-refractivity contribution in [3.05, 3.63) is 48.3 Å². The van der Waals surface area contributed by atoms with Gasteiger partial charge >= 0.3 is 0 Å². The lowest BCUT2D eigenvalue weighted by Gasteiger charge is -2.21. The highest BCUT2D eigenvalue weighted by atomic mass is 16.3. The van der Waals surface area contributed by atoms with Crippen LogP contribution in [0.2, 0.25) is 0 Å². The third kappa shape index (κ3) is 5.31. The Morgan fingerprint density at radius 3 is 2.55 bits per heavy atom. The second kappa shape index (κ2) is 8.97. The van der Waals surface area contributed by atoms with Crippen LogP contribution in [0.4, 0.5) is 0 Å². The van der Waals surface area contributed by atoms with Gasteiger partial charge in [0, 0.05) is 26.6 Å². The fourth-order valence-electron chi connectivity index (χ4n) is 2.12. The Bertz CT molecular complexity index is 532. The van der Waals surface area contributed by atoms with E-state index >= 15 is 0 Å². The van der Waals surface area contributed by atoms with Gasteiger partial charge in [-0.25, -0.2) is 0 Å². The summed E-state index contributed by atoms with van der Waals surface area (Å²) >= 11 is 0. The summed E-state index contributed by atoms with van der Waals surface area (Å²) in [6, 6.07) is 7.78. The molecule has 0 saturated carbocycles. The van der Waals surface area contributed by atoms with Crippen LogP contribution in [0.3, 0.4) is 0 Å². The van der Waals surface area contributed by atoms with E-state index < -0.39 is 0 Å². The van der Waals surface area contributed by atoms with Gasteiger partial charge in [-0.1, -0.05) is 13.3 Å². The Kier molecular flexibility index (Phi) is 6.61. The van der Waals surface area contributed by atoms with E-state index in [9.17, 15) is 0 Å². The first-order valence-electron chi connectivity index (χ1n) is 7.83. The van der Waals surface area contributed by atoms with Crippen molar-refractivity contribution >= 4 is 5.96 Å². The zero-order chi connectivity index (χ0) is 15.6. The van der Waals surface area contributed by atoms with E-state index in [2.05, 4.69) is 22.1 Å². The number of unbranched alkanes of at least 4 members (excludes halogenated alkanes) is 1. The molecule has 2 aromatic rings. The molecule has 0 fully saturated rings. The monoisotopic (exact) mass is 303 g/mol.